The van der Waals surface area contributed by atoms with E-state index in [9.17, 15) is 51.6 Å². The van der Waals surface area contributed by atoms with E-state index >= 15 is 0 Å². The topological polar surface area (TPSA) is 318 Å². The van der Waals surface area contributed by atoms with Crippen molar-refractivity contribution >= 4 is 75.6 Å². The van der Waals surface area contributed by atoms with Crippen LogP contribution in [0.1, 0.15) is 109 Å². The van der Waals surface area contributed by atoms with E-state index in [1.807, 2.05) is 0 Å². The molecular weight excluding hydrogens is 899 g/mol. The second-order valence-electron chi connectivity index (χ2n) is 14.2. The number of fused-ring (bicyclic) bond motifs is 4. The lowest BCUT2D eigenvalue weighted by Crippen LogP contribution is -2.31. The van der Waals surface area contributed by atoms with Crippen molar-refractivity contribution in [2.75, 3.05) is 31.1 Å². The van der Waals surface area contributed by atoms with Crippen LogP contribution in [0, 0.1) is 0 Å². The van der Waals surface area contributed by atoms with Crippen LogP contribution in [0.25, 0.3) is 22.3 Å². The Kier molecular flexibility index (Phi) is 14.8. The Morgan fingerprint density at radius 3 is 1.35 bits per heavy atom. The molecule has 4 aliphatic rings. The minimum atomic E-state index is -4.21. The number of carbonyl (C=O) groups excluding carboxylic acids is 8. The first-order valence-corrected chi connectivity index (χ1v) is 21.7. The van der Waals surface area contributed by atoms with E-state index in [1.165, 1.54) is 42.5 Å². The maximum atomic E-state index is 12.8. The molecule has 338 valence electrons. The molecule has 5 N–H and O–H groups in total. The van der Waals surface area contributed by atoms with Crippen LogP contribution in [-0.4, -0.2) is 118 Å². The van der Waals surface area contributed by atoms with Gasteiger partial charge in [0.2, 0.25) is 0 Å². The molecule has 4 amide bonds. The second-order valence-corrected chi connectivity index (χ2v) is 16.5. The highest BCUT2D eigenvalue weighted by Crippen LogP contribution is 2.33. The van der Waals surface area contributed by atoms with Crippen LogP contribution >= 0.6 is 12.0 Å². The van der Waals surface area contributed by atoms with Crippen molar-refractivity contribution in [3.8, 4) is 22.3 Å². The summed E-state index contributed by atoms with van der Waals surface area (Å²) in [5.74, 6) is -5.75. The molecule has 0 unspecified atom stereocenters. The van der Waals surface area contributed by atoms with Crippen molar-refractivity contribution in [1.82, 2.24) is 9.80 Å². The van der Waals surface area contributed by atoms with Crippen LogP contribution in [0.4, 0.5) is 0 Å². The van der Waals surface area contributed by atoms with Gasteiger partial charge in [-0.2, -0.15) is 8.42 Å². The van der Waals surface area contributed by atoms with Crippen LogP contribution in [0.15, 0.2) is 72.8 Å². The number of benzene rings is 4. The molecule has 0 aliphatic carbocycles. The van der Waals surface area contributed by atoms with Crippen LogP contribution in [0.3, 0.4) is 0 Å². The smallest absolute Gasteiger partial charge is 0.346 e. The van der Waals surface area contributed by atoms with Gasteiger partial charge >= 0.3 is 29.8 Å². The zero-order valence-electron chi connectivity index (χ0n) is 33.5. The molecule has 0 fully saturated rings. The van der Waals surface area contributed by atoms with Gasteiger partial charge in [0.15, 0.2) is 0 Å². The molecule has 0 atom stereocenters. The Balaban J connectivity index is 0.000000203. The molecule has 21 nitrogen and oxygen atoms in total. The molecule has 23 heteroatoms. The van der Waals surface area contributed by atoms with Gasteiger partial charge in [0, 0.05) is 37.3 Å². The lowest BCUT2D eigenvalue weighted by Gasteiger charge is -2.12. The molecule has 0 spiro atoms. The Bertz CT molecular complexity index is 2710. The van der Waals surface area contributed by atoms with Gasteiger partial charge < -0.3 is 20.3 Å². The van der Waals surface area contributed by atoms with Crippen LogP contribution in [0.2, 0.25) is 0 Å². The van der Waals surface area contributed by atoms with Crippen molar-refractivity contribution in [3.63, 3.8) is 0 Å². The van der Waals surface area contributed by atoms with E-state index in [0.29, 0.717) is 47.4 Å². The van der Waals surface area contributed by atoms with Crippen molar-refractivity contribution < 1.29 is 85.3 Å². The number of aliphatic carboxylic acids is 1. The van der Waals surface area contributed by atoms with Crippen molar-refractivity contribution in [1.29, 1.82) is 0 Å². The quantitative estimate of drug-likeness (QED) is 0.0191. The third kappa shape index (κ3) is 10.7. The summed E-state index contributed by atoms with van der Waals surface area (Å²) in [7, 11) is -4.21. The number of carboxylic acids is 1. The standard InChI is InChI=1S/C22H20N2O10S2.C16H6O6.C4H9NO2/c25-19-15-5-3-13(11-17(15)21(27)23(19)7-1-9-35-34-33-29)14-4-6-16-18(12-14)22(28)24(20(16)26)8-2-10-36(30,31)32;17-13-9-3-1-7(5-11(9)15(19)21-13)8-2-4-10-12(6-8)16(20)22-14(10)18;5-3-1-2-4(6)7/h3-6,11-12,29H,1-2,7-10H2,(H,30,31,32);1-6H;1-3,5H2,(H,6,7). The number of imide groups is 2. The fraction of sp³-hybridized carbons (Fsp3) is 0.214. The highest BCUT2D eigenvalue weighted by atomic mass is 32.2. The van der Waals surface area contributed by atoms with Crippen LogP contribution in [0.5, 0.6) is 0 Å². The number of hydrogen-bond acceptors (Lipinski definition) is 18. The van der Waals surface area contributed by atoms with E-state index in [-0.39, 0.29) is 70.4 Å². The molecule has 0 aromatic heterocycles. The van der Waals surface area contributed by atoms with E-state index in [1.54, 1.807) is 30.3 Å². The largest absolute Gasteiger partial charge is 0.481 e. The molecule has 4 aromatic rings. The first kappa shape index (κ1) is 47.5. The number of nitrogens with two attached hydrogens (primary N) is 1. The van der Waals surface area contributed by atoms with Gasteiger partial charge in [-0.3, -0.25) is 38.3 Å². The normalized spacial score (nSPS) is 14.6. The third-order valence-electron chi connectivity index (χ3n) is 9.96. The predicted octanol–water partition coefficient (Wildman–Crippen LogP) is 4.07. The Hall–Kier alpha value is -6.99. The fourth-order valence-corrected chi connectivity index (χ4v) is 7.72. The summed E-state index contributed by atoms with van der Waals surface area (Å²) in [5, 5.41) is 19.6. The van der Waals surface area contributed by atoms with Crippen molar-refractivity contribution in [2.24, 2.45) is 5.73 Å². The monoisotopic (exact) mass is 933 g/mol. The minimum absolute atomic E-state index is 0.102. The van der Waals surface area contributed by atoms with E-state index < -0.39 is 69.3 Å². The maximum Gasteiger partial charge on any atom is 0.346 e. The lowest BCUT2D eigenvalue weighted by atomic mass is 9.97. The van der Waals surface area contributed by atoms with E-state index in [2.05, 4.69) is 18.8 Å². The molecule has 4 heterocycles. The molecule has 0 radical (unpaired) electrons. The number of rotatable bonds is 15. The number of esters is 4. The molecule has 8 rings (SSSR count). The lowest BCUT2D eigenvalue weighted by molar-refractivity contribution is -0.432. The number of carbonyl (C=O) groups is 9. The first-order chi connectivity index (χ1) is 30.9. The van der Waals surface area contributed by atoms with Crippen LogP contribution in [-0.2, 0) is 33.8 Å². The highest BCUT2D eigenvalue weighted by molar-refractivity contribution is 7.94. The Morgan fingerprint density at radius 1 is 0.585 bits per heavy atom. The van der Waals surface area contributed by atoms with E-state index in [0.717, 1.165) is 21.8 Å². The number of cyclic esters (lactones) is 4. The van der Waals surface area contributed by atoms with Crippen molar-refractivity contribution in [2.45, 2.75) is 25.7 Å². The van der Waals surface area contributed by atoms with Gasteiger partial charge in [-0.1, -0.05) is 29.3 Å². The molecule has 0 saturated heterocycles. The number of hydrogen-bond donors (Lipinski definition) is 4. The second kappa shape index (κ2) is 20.2. The zero-order chi connectivity index (χ0) is 47.2. The number of ether oxygens (including phenoxy) is 2. The Morgan fingerprint density at radius 2 is 0.969 bits per heavy atom. The van der Waals surface area contributed by atoms with Gasteiger partial charge in [-0.25, -0.2) is 24.4 Å². The minimum Gasteiger partial charge on any atom is -0.481 e. The van der Waals surface area contributed by atoms with Gasteiger partial charge in [0.1, 0.15) is 0 Å². The summed E-state index contributed by atoms with van der Waals surface area (Å²) in [6.45, 7) is 0.447. The first-order valence-electron chi connectivity index (χ1n) is 19.2. The summed E-state index contributed by atoms with van der Waals surface area (Å²) in [4.78, 5) is 109. The summed E-state index contributed by atoms with van der Waals surface area (Å²) in [5.41, 5.74) is 8.95. The molecule has 0 bridgehead atoms. The van der Waals surface area contributed by atoms with E-state index in [4.69, 9.17) is 20.7 Å². The maximum absolute atomic E-state index is 12.8. The average molecular weight is 934 g/mol. The zero-order valence-corrected chi connectivity index (χ0v) is 35.2. The molecule has 4 aliphatic heterocycles. The summed E-state index contributed by atoms with van der Waals surface area (Å²) in [6.07, 6.45) is 1.08. The number of amides is 4. The molecular formula is C42H35N3O18S2. The third-order valence-corrected chi connectivity index (χ3v) is 11.4. The molecule has 65 heavy (non-hydrogen) atoms. The summed E-state index contributed by atoms with van der Waals surface area (Å²) in [6, 6.07) is 18.7. The Labute approximate surface area is 371 Å². The number of nitrogens with zero attached hydrogens (tertiary/aromatic N) is 2. The SMILES string of the molecule is NCCCC(=O)O.O=C1OC(=O)c2cc(-c3ccc4c(c3)C(=O)OC4=O)ccc21.O=C1c2ccc(-c3ccc4c(c3)C(=O)N(CCCS(=O)(=O)O)C4=O)cc2C(=O)N1CCCSOOO. The molecule has 0 saturated carbocycles. The summed E-state index contributed by atoms with van der Waals surface area (Å²) >= 11 is 0.824. The molecule has 4 aromatic carbocycles. The number of carboxylic acid groups (broad SMARTS) is 1. The fourth-order valence-electron chi connectivity index (χ4n) is 6.87. The average Bonchev–Trinajstić information content (AvgIpc) is 3.91. The van der Waals surface area contributed by atoms with Gasteiger partial charge in [-0.15, -0.1) is 4.33 Å². The van der Waals surface area contributed by atoms with Crippen LogP contribution < -0.4 is 5.73 Å². The highest BCUT2D eigenvalue weighted by Gasteiger charge is 2.38. The van der Waals surface area contributed by atoms with Gasteiger partial charge in [0.25, 0.3) is 33.7 Å². The van der Waals surface area contributed by atoms with Crippen molar-refractivity contribution in [3.05, 3.63) is 117 Å². The van der Waals surface area contributed by atoms with Gasteiger partial charge in [0.05, 0.1) is 50.3 Å². The predicted molar refractivity (Wildman–Crippen MR) is 223 cm³/mol. The van der Waals surface area contributed by atoms with Gasteiger partial charge in [-0.05, 0) is 96.6 Å². The summed E-state index contributed by atoms with van der Waals surface area (Å²) < 4.78 is 44.0.